The SMILES string of the molecule is CCN(CCO)c1ccc(NC(=O)c2cc(N)c[nH]2)cc1. The number of benzene rings is 1. The van der Waals surface area contributed by atoms with E-state index in [1.165, 1.54) is 0 Å². The van der Waals surface area contributed by atoms with Gasteiger partial charge in [0.25, 0.3) is 5.91 Å². The lowest BCUT2D eigenvalue weighted by molar-refractivity contribution is 0.102. The Morgan fingerprint density at radius 2 is 2.10 bits per heavy atom. The van der Waals surface area contributed by atoms with Crippen molar-refractivity contribution in [2.24, 2.45) is 0 Å². The molecule has 1 aromatic carbocycles. The van der Waals surface area contributed by atoms with Gasteiger partial charge in [-0.25, -0.2) is 0 Å². The number of nitrogen functional groups attached to an aromatic ring is 1. The van der Waals surface area contributed by atoms with E-state index in [1.807, 2.05) is 31.2 Å². The maximum absolute atomic E-state index is 12.0. The monoisotopic (exact) mass is 288 g/mol. The minimum absolute atomic E-state index is 0.112. The maximum atomic E-state index is 12.0. The molecule has 2 aromatic rings. The number of aliphatic hydroxyl groups excluding tert-OH is 1. The van der Waals surface area contributed by atoms with Crippen molar-refractivity contribution in [1.82, 2.24) is 4.98 Å². The maximum Gasteiger partial charge on any atom is 0.272 e. The Kier molecular flexibility index (Phi) is 4.84. The Morgan fingerprint density at radius 1 is 1.38 bits per heavy atom. The number of rotatable bonds is 6. The van der Waals surface area contributed by atoms with Crippen molar-refractivity contribution in [2.45, 2.75) is 6.92 Å². The first-order valence-corrected chi connectivity index (χ1v) is 6.85. The van der Waals surface area contributed by atoms with Crippen LogP contribution in [0.15, 0.2) is 36.5 Å². The summed E-state index contributed by atoms with van der Waals surface area (Å²) in [7, 11) is 0. The van der Waals surface area contributed by atoms with E-state index in [0.29, 0.717) is 23.6 Å². The molecule has 0 aliphatic carbocycles. The first-order chi connectivity index (χ1) is 10.1. The van der Waals surface area contributed by atoms with Crippen molar-refractivity contribution < 1.29 is 9.90 Å². The summed E-state index contributed by atoms with van der Waals surface area (Å²) in [6, 6.07) is 9.08. The molecule has 112 valence electrons. The number of anilines is 3. The Labute approximate surface area is 123 Å². The van der Waals surface area contributed by atoms with Crippen LogP contribution in [0.1, 0.15) is 17.4 Å². The van der Waals surface area contributed by atoms with Gasteiger partial charge in [0.05, 0.1) is 6.61 Å². The van der Waals surface area contributed by atoms with Crippen molar-refractivity contribution in [2.75, 3.05) is 35.6 Å². The second-order valence-electron chi connectivity index (χ2n) is 4.65. The Balaban J connectivity index is 2.03. The highest BCUT2D eigenvalue weighted by Crippen LogP contribution is 2.18. The highest BCUT2D eigenvalue weighted by Gasteiger charge is 2.09. The van der Waals surface area contributed by atoms with Gasteiger partial charge in [0.15, 0.2) is 0 Å². The Morgan fingerprint density at radius 3 is 2.62 bits per heavy atom. The zero-order valence-electron chi connectivity index (χ0n) is 12.0. The molecule has 0 spiro atoms. The fraction of sp³-hybridized carbons (Fsp3) is 0.267. The third-order valence-electron chi connectivity index (χ3n) is 3.19. The smallest absolute Gasteiger partial charge is 0.272 e. The fourth-order valence-corrected chi connectivity index (χ4v) is 2.09. The zero-order valence-corrected chi connectivity index (χ0v) is 12.0. The van der Waals surface area contributed by atoms with Gasteiger partial charge < -0.3 is 26.0 Å². The minimum atomic E-state index is -0.234. The van der Waals surface area contributed by atoms with Crippen LogP contribution in [0, 0.1) is 0 Å². The molecule has 0 fully saturated rings. The Hall–Kier alpha value is -2.47. The van der Waals surface area contributed by atoms with Gasteiger partial charge in [-0.3, -0.25) is 4.79 Å². The number of likely N-dealkylation sites (N-methyl/N-ethyl adjacent to an activating group) is 1. The van der Waals surface area contributed by atoms with Crippen molar-refractivity contribution in [3.63, 3.8) is 0 Å². The molecule has 0 saturated heterocycles. The third-order valence-corrected chi connectivity index (χ3v) is 3.19. The lowest BCUT2D eigenvalue weighted by atomic mass is 10.2. The predicted octanol–water partition coefficient (Wildman–Crippen LogP) is 1.67. The number of aromatic nitrogens is 1. The van der Waals surface area contributed by atoms with Gasteiger partial charge in [-0.05, 0) is 37.3 Å². The fourth-order valence-electron chi connectivity index (χ4n) is 2.09. The molecule has 2 rings (SSSR count). The number of carbonyl (C=O) groups excluding carboxylic acids is 1. The lowest BCUT2D eigenvalue weighted by Gasteiger charge is -2.22. The molecule has 0 unspecified atom stereocenters. The Bertz CT molecular complexity index is 592. The van der Waals surface area contributed by atoms with Gasteiger partial charge in [0, 0.05) is 36.3 Å². The molecule has 0 aliphatic heterocycles. The van der Waals surface area contributed by atoms with E-state index in [1.54, 1.807) is 12.3 Å². The molecule has 1 amide bonds. The van der Waals surface area contributed by atoms with Crippen molar-refractivity contribution in [3.05, 3.63) is 42.2 Å². The average Bonchev–Trinajstić information content (AvgIpc) is 2.92. The van der Waals surface area contributed by atoms with Gasteiger partial charge in [-0.2, -0.15) is 0 Å². The summed E-state index contributed by atoms with van der Waals surface area (Å²) >= 11 is 0. The van der Waals surface area contributed by atoms with Gasteiger partial charge in [0.2, 0.25) is 0 Å². The minimum Gasteiger partial charge on any atom is -0.397 e. The molecule has 0 atom stereocenters. The third kappa shape index (κ3) is 3.76. The number of nitrogens with zero attached hydrogens (tertiary/aromatic N) is 1. The normalized spacial score (nSPS) is 10.4. The molecule has 6 heteroatoms. The van der Waals surface area contributed by atoms with Gasteiger partial charge in [-0.1, -0.05) is 0 Å². The number of carbonyl (C=O) groups is 1. The quantitative estimate of drug-likeness (QED) is 0.650. The first kappa shape index (κ1) is 14.9. The standard InChI is InChI=1S/C15H20N4O2/c1-2-19(7-8-20)13-5-3-12(4-6-13)18-15(21)14-9-11(16)10-17-14/h3-6,9-10,17,20H,2,7-8,16H2,1H3,(H,18,21). The molecule has 6 nitrogen and oxygen atoms in total. The van der Waals surface area contributed by atoms with Crippen molar-refractivity contribution >= 4 is 23.0 Å². The second-order valence-corrected chi connectivity index (χ2v) is 4.65. The van der Waals surface area contributed by atoms with Crippen LogP contribution in [-0.2, 0) is 0 Å². The molecular formula is C15H20N4O2. The van der Waals surface area contributed by atoms with E-state index in [0.717, 1.165) is 12.2 Å². The number of aromatic amines is 1. The van der Waals surface area contributed by atoms with Crippen LogP contribution in [-0.4, -0.2) is 35.7 Å². The highest BCUT2D eigenvalue weighted by molar-refractivity contribution is 6.03. The first-order valence-electron chi connectivity index (χ1n) is 6.85. The molecule has 1 heterocycles. The molecule has 0 bridgehead atoms. The summed E-state index contributed by atoms with van der Waals surface area (Å²) in [6.07, 6.45) is 1.58. The zero-order chi connectivity index (χ0) is 15.2. The summed E-state index contributed by atoms with van der Waals surface area (Å²) in [4.78, 5) is 16.8. The lowest BCUT2D eigenvalue weighted by Crippen LogP contribution is -2.26. The molecule has 0 radical (unpaired) electrons. The molecule has 0 aliphatic rings. The van der Waals surface area contributed by atoms with Gasteiger partial charge >= 0.3 is 0 Å². The van der Waals surface area contributed by atoms with Crippen LogP contribution >= 0.6 is 0 Å². The van der Waals surface area contributed by atoms with E-state index in [4.69, 9.17) is 10.8 Å². The summed E-state index contributed by atoms with van der Waals surface area (Å²) in [6.45, 7) is 3.54. The molecular weight excluding hydrogens is 268 g/mol. The van der Waals surface area contributed by atoms with E-state index in [2.05, 4.69) is 15.2 Å². The van der Waals surface area contributed by atoms with Gasteiger partial charge in [0.1, 0.15) is 5.69 Å². The molecule has 0 saturated carbocycles. The number of H-pyrrole nitrogens is 1. The number of nitrogens with two attached hydrogens (primary N) is 1. The number of nitrogens with one attached hydrogen (secondary N) is 2. The van der Waals surface area contributed by atoms with Crippen LogP contribution in [0.2, 0.25) is 0 Å². The van der Waals surface area contributed by atoms with Gasteiger partial charge in [-0.15, -0.1) is 0 Å². The van der Waals surface area contributed by atoms with E-state index < -0.39 is 0 Å². The number of amides is 1. The summed E-state index contributed by atoms with van der Waals surface area (Å²) in [5, 5.41) is 11.8. The number of aliphatic hydroxyl groups is 1. The highest BCUT2D eigenvalue weighted by atomic mass is 16.3. The van der Waals surface area contributed by atoms with Crippen molar-refractivity contribution in [1.29, 1.82) is 0 Å². The van der Waals surface area contributed by atoms with Crippen LogP contribution in [0.5, 0.6) is 0 Å². The topological polar surface area (TPSA) is 94.4 Å². The summed E-state index contributed by atoms with van der Waals surface area (Å²) < 4.78 is 0. The van der Waals surface area contributed by atoms with Crippen LogP contribution in [0.4, 0.5) is 17.1 Å². The van der Waals surface area contributed by atoms with E-state index in [9.17, 15) is 4.79 Å². The average molecular weight is 288 g/mol. The summed E-state index contributed by atoms with van der Waals surface area (Å²) in [5.74, 6) is -0.234. The van der Waals surface area contributed by atoms with E-state index in [-0.39, 0.29) is 12.5 Å². The van der Waals surface area contributed by atoms with Crippen molar-refractivity contribution in [3.8, 4) is 0 Å². The second kappa shape index (κ2) is 6.81. The molecule has 1 aromatic heterocycles. The molecule has 5 N–H and O–H groups in total. The van der Waals surface area contributed by atoms with Crippen LogP contribution < -0.4 is 16.0 Å². The molecule has 21 heavy (non-hydrogen) atoms. The largest absolute Gasteiger partial charge is 0.397 e. The van der Waals surface area contributed by atoms with Crippen LogP contribution in [0.25, 0.3) is 0 Å². The number of hydrogen-bond acceptors (Lipinski definition) is 4. The number of hydrogen-bond donors (Lipinski definition) is 4. The summed E-state index contributed by atoms with van der Waals surface area (Å²) in [5.41, 5.74) is 8.23. The predicted molar refractivity (Wildman–Crippen MR) is 84.6 cm³/mol. The van der Waals surface area contributed by atoms with Crippen LogP contribution in [0.3, 0.4) is 0 Å². The van der Waals surface area contributed by atoms with E-state index >= 15 is 0 Å².